The fourth-order valence-electron chi connectivity index (χ4n) is 2.55. The third kappa shape index (κ3) is 3.52. The summed E-state index contributed by atoms with van der Waals surface area (Å²) in [5.41, 5.74) is 2.02. The Labute approximate surface area is 123 Å². The van der Waals surface area contributed by atoms with Gasteiger partial charge in [-0.2, -0.15) is 13.2 Å². The molecule has 1 saturated heterocycles. The Balaban J connectivity index is 2.38. The van der Waals surface area contributed by atoms with Crippen LogP contribution in [0.2, 0.25) is 0 Å². The fraction of sp³-hybridized carbons (Fsp3) is 0.538. The van der Waals surface area contributed by atoms with E-state index in [4.69, 9.17) is 10.6 Å². The normalized spacial score (nSPS) is 21.8. The molecular formula is C13H16BrF3N2O. The predicted molar refractivity (Wildman–Crippen MR) is 72.8 cm³/mol. The third-order valence-electron chi connectivity index (χ3n) is 3.50. The van der Waals surface area contributed by atoms with Gasteiger partial charge in [0.25, 0.3) is 0 Å². The van der Waals surface area contributed by atoms with E-state index in [0.29, 0.717) is 17.7 Å². The van der Waals surface area contributed by atoms with Crippen LogP contribution in [0.25, 0.3) is 0 Å². The van der Waals surface area contributed by atoms with Gasteiger partial charge in [-0.25, -0.2) is 0 Å². The van der Waals surface area contributed by atoms with E-state index in [2.05, 4.69) is 21.4 Å². The molecule has 1 aliphatic rings. The molecule has 2 unspecified atom stereocenters. The summed E-state index contributed by atoms with van der Waals surface area (Å²) in [7, 11) is 0. The van der Waals surface area contributed by atoms with Gasteiger partial charge in [0.1, 0.15) is 0 Å². The summed E-state index contributed by atoms with van der Waals surface area (Å²) in [6.45, 7) is 1.07. The summed E-state index contributed by atoms with van der Waals surface area (Å²) in [5.74, 6) is 5.44. The van der Waals surface area contributed by atoms with Crippen LogP contribution in [0.3, 0.4) is 0 Å². The van der Waals surface area contributed by atoms with Crippen molar-refractivity contribution in [3.05, 3.63) is 33.8 Å². The van der Waals surface area contributed by atoms with Crippen molar-refractivity contribution >= 4 is 15.9 Å². The third-order valence-corrected chi connectivity index (χ3v) is 4.00. The topological polar surface area (TPSA) is 47.3 Å². The maximum atomic E-state index is 13.2. The van der Waals surface area contributed by atoms with Crippen molar-refractivity contribution in [3.63, 3.8) is 0 Å². The van der Waals surface area contributed by atoms with Crippen molar-refractivity contribution in [1.29, 1.82) is 0 Å². The second-order valence-corrected chi connectivity index (χ2v) is 5.77. The van der Waals surface area contributed by atoms with Gasteiger partial charge in [-0.05, 0) is 30.5 Å². The van der Waals surface area contributed by atoms with Gasteiger partial charge in [-0.1, -0.05) is 22.0 Å². The first kappa shape index (κ1) is 15.8. The molecule has 0 amide bonds. The molecule has 2 rings (SSSR count). The first-order valence-electron chi connectivity index (χ1n) is 6.34. The van der Waals surface area contributed by atoms with Crippen LogP contribution in [-0.2, 0) is 10.9 Å². The van der Waals surface area contributed by atoms with Crippen molar-refractivity contribution in [2.45, 2.75) is 25.1 Å². The first-order chi connectivity index (χ1) is 9.43. The van der Waals surface area contributed by atoms with E-state index >= 15 is 0 Å². The highest BCUT2D eigenvalue weighted by Crippen LogP contribution is 2.39. The molecule has 20 heavy (non-hydrogen) atoms. The standard InChI is InChI=1S/C13H16BrF3N2O/c14-9-3-4-10(11(6-9)13(15,16)17)12(19-18)8-2-1-5-20-7-8/h3-4,6,8,12,19H,1-2,5,7,18H2. The zero-order valence-corrected chi connectivity index (χ0v) is 12.3. The zero-order chi connectivity index (χ0) is 14.8. The molecule has 1 aromatic carbocycles. The van der Waals surface area contributed by atoms with E-state index in [1.54, 1.807) is 6.07 Å². The minimum absolute atomic E-state index is 0.0592. The Morgan fingerprint density at radius 1 is 1.40 bits per heavy atom. The second-order valence-electron chi connectivity index (χ2n) is 4.85. The number of benzene rings is 1. The highest BCUT2D eigenvalue weighted by atomic mass is 79.9. The summed E-state index contributed by atoms with van der Waals surface area (Å²) < 4.78 is 45.3. The quantitative estimate of drug-likeness (QED) is 0.647. The molecule has 112 valence electrons. The molecule has 3 N–H and O–H groups in total. The molecule has 1 heterocycles. The van der Waals surface area contributed by atoms with E-state index < -0.39 is 17.8 Å². The summed E-state index contributed by atoms with van der Waals surface area (Å²) in [4.78, 5) is 0. The van der Waals surface area contributed by atoms with Crippen LogP contribution in [0.4, 0.5) is 13.2 Å². The summed E-state index contributed by atoms with van der Waals surface area (Å²) in [6, 6.07) is 3.58. The second kappa shape index (κ2) is 6.43. The van der Waals surface area contributed by atoms with Gasteiger partial charge in [-0.3, -0.25) is 11.3 Å². The SMILES string of the molecule is NNC(c1ccc(Br)cc1C(F)(F)F)C1CCCOC1. The Morgan fingerprint density at radius 2 is 2.15 bits per heavy atom. The number of ether oxygens (including phenoxy) is 1. The van der Waals surface area contributed by atoms with Crippen LogP contribution in [0.15, 0.2) is 22.7 Å². The minimum Gasteiger partial charge on any atom is -0.381 e. The number of halogens is 4. The molecule has 1 aliphatic heterocycles. The zero-order valence-electron chi connectivity index (χ0n) is 10.7. The average molecular weight is 353 g/mol. The van der Waals surface area contributed by atoms with Crippen molar-refractivity contribution in [1.82, 2.24) is 5.43 Å². The summed E-state index contributed by atoms with van der Waals surface area (Å²) in [5, 5.41) is 0. The molecule has 0 radical (unpaired) electrons. The number of hydrazine groups is 1. The van der Waals surface area contributed by atoms with Crippen LogP contribution in [0, 0.1) is 5.92 Å². The molecule has 0 aromatic heterocycles. The fourth-order valence-corrected chi connectivity index (χ4v) is 2.91. The molecule has 1 aromatic rings. The van der Waals surface area contributed by atoms with E-state index in [9.17, 15) is 13.2 Å². The largest absolute Gasteiger partial charge is 0.416 e. The number of nitrogens with two attached hydrogens (primary N) is 1. The first-order valence-corrected chi connectivity index (χ1v) is 7.13. The van der Waals surface area contributed by atoms with Crippen molar-refractivity contribution in [2.24, 2.45) is 11.8 Å². The van der Waals surface area contributed by atoms with E-state index in [1.165, 1.54) is 6.07 Å². The van der Waals surface area contributed by atoms with E-state index in [0.717, 1.165) is 18.9 Å². The molecule has 0 bridgehead atoms. The minimum atomic E-state index is -4.41. The Hall–Kier alpha value is -0.630. The number of alkyl halides is 3. The van der Waals surface area contributed by atoms with E-state index in [1.807, 2.05) is 0 Å². The van der Waals surface area contributed by atoms with Crippen LogP contribution in [0.1, 0.15) is 30.0 Å². The van der Waals surface area contributed by atoms with Gasteiger partial charge in [0, 0.05) is 17.0 Å². The molecule has 0 saturated carbocycles. The summed E-state index contributed by atoms with van der Waals surface area (Å²) in [6.07, 6.45) is -2.79. The van der Waals surface area contributed by atoms with Crippen molar-refractivity contribution < 1.29 is 17.9 Å². The number of nitrogens with one attached hydrogen (secondary N) is 1. The molecule has 3 nitrogen and oxygen atoms in total. The van der Waals surface area contributed by atoms with Gasteiger partial charge in [0.15, 0.2) is 0 Å². The Bertz CT molecular complexity index is 461. The van der Waals surface area contributed by atoms with Crippen LogP contribution in [-0.4, -0.2) is 13.2 Å². The average Bonchev–Trinajstić information content (AvgIpc) is 2.41. The lowest BCUT2D eigenvalue weighted by Crippen LogP contribution is -2.38. The van der Waals surface area contributed by atoms with Crippen LogP contribution >= 0.6 is 15.9 Å². The molecule has 0 spiro atoms. The highest BCUT2D eigenvalue weighted by Gasteiger charge is 2.37. The molecule has 0 aliphatic carbocycles. The van der Waals surface area contributed by atoms with Gasteiger partial charge >= 0.3 is 6.18 Å². The molecule has 7 heteroatoms. The lowest BCUT2D eigenvalue weighted by molar-refractivity contribution is -0.138. The number of rotatable bonds is 3. The van der Waals surface area contributed by atoms with Crippen molar-refractivity contribution in [3.8, 4) is 0 Å². The lowest BCUT2D eigenvalue weighted by atomic mass is 9.87. The van der Waals surface area contributed by atoms with Crippen LogP contribution < -0.4 is 11.3 Å². The lowest BCUT2D eigenvalue weighted by Gasteiger charge is -2.31. The number of hydrogen-bond acceptors (Lipinski definition) is 3. The van der Waals surface area contributed by atoms with Crippen LogP contribution in [0.5, 0.6) is 0 Å². The molecular weight excluding hydrogens is 337 g/mol. The van der Waals surface area contributed by atoms with Gasteiger partial charge < -0.3 is 4.74 Å². The maximum Gasteiger partial charge on any atom is 0.416 e. The predicted octanol–water partition coefficient (Wildman–Crippen LogP) is 3.40. The molecule has 2 atom stereocenters. The van der Waals surface area contributed by atoms with E-state index in [-0.39, 0.29) is 11.5 Å². The maximum absolute atomic E-state index is 13.2. The smallest absolute Gasteiger partial charge is 0.381 e. The molecule has 1 fully saturated rings. The Kier molecular flexibility index (Phi) is 5.06. The van der Waals surface area contributed by atoms with Crippen molar-refractivity contribution in [2.75, 3.05) is 13.2 Å². The van der Waals surface area contributed by atoms with Gasteiger partial charge in [0.05, 0.1) is 18.2 Å². The highest BCUT2D eigenvalue weighted by molar-refractivity contribution is 9.10. The Morgan fingerprint density at radius 3 is 2.70 bits per heavy atom. The summed E-state index contributed by atoms with van der Waals surface area (Å²) >= 11 is 3.08. The number of hydrogen-bond donors (Lipinski definition) is 2. The van der Waals surface area contributed by atoms with Gasteiger partial charge in [-0.15, -0.1) is 0 Å². The monoisotopic (exact) mass is 352 g/mol. The van der Waals surface area contributed by atoms with Gasteiger partial charge in [0.2, 0.25) is 0 Å².